The van der Waals surface area contributed by atoms with E-state index in [9.17, 15) is 24.0 Å². The number of hydrogen-bond acceptors (Lipinski definition) is 10. The zero-order valence-electron chi connectivity index (χ0n) is 40.4. The quantitative estimate of drug-likeness (QED) is 0.0617. The number of nitrogens with one attached hydrogen (secondary N) is 4. The van der Waals surface area contributed by atoms with Gasteiger partial charge in [0, 0.05) is 37.8 Å². The Morgan fingerprint density at radius 3 is 1.88 bits per heavy atom. The first-order chi connectivity index (χ1) is 29.8. The van der Waals surface area contributed by atoms with Gasteiger partial charge in [0.05, 0.1) is 31.0 Å². The van der Waals surface area contributed by atoms with Gasteiger partial charge in [-0.15, -0.1) is 0 Å². The molecule has 0 radical (unpaired) electrons. The molecule has 0 aliphatic heterocycles. The number of hydrazine groups is 1. The van der Waals surface area contributed by atoms with Crippen LogP contribution in [0, 0.1) is 16.2 Å². The van der Waals surface area contributed by atoms with E-state index in [1.54, 1.807) is 18.1 Å². The Hall–Kier alpha value is -5.34. The topological polar surface area (TPSA) is 177 Å². The monoisotopic (exact) mass is 887 g/mol. The van der Waals surface area contributed by atoms with Crippen molar-refractivity contribution < 1.29 is 38.2 Å². The van der Waals surface area contributed by atoms with Gasteiger partial charge < -0.3 is 30.2 Å². The first-order valence-electron chi connectivity index (χ1n) is 22.2. The predicted molar refractivity (Wildman–Crippen MR) is 249 cm³/mol. The molecule has 0 aliphatic rings. The van der Waals surface area contributed by atoms with Gasteiger partial charge in [0.25, 0.3) is 5.91 Å². The number of benzene rings is 2. The fourth-order valence-electron chi connectivity index (χ4n) is 6.93. The summed E-state index contributed by atoms with van der Waals surface area (Å²) in [6.45, 7) is 23.3. The number of esters is 1. The maximum atomic E-state index is 14.6. The van der Waals surface area contributed by atoms with Crippen molar-refractivity contribution in [2.45, 2.75) is 145 Å². The van der Waals surface area contributed by atoms with Crippen LogP contribution in [0.1, 0.15) is 113 Å². The molecule has 1 aromatic heterocycles. The van der Waals surface area contributed by atoms with E-state index in [1.165, 1.54) is 7.11 Å². The minimum Gasteiger partial charge on any atom is -0.459 e. The van der Waals surface area contributed by atoms with Crippen LogP contribution in [0.4, 0.5) is 4.79 Å². The number of hydrogen-bond donors (Lipinski definition) is 4. The summed E-state index contributed by atoms with van der Waals surface area (Å²) >= 11 is 0. The summed E-state index contributed by atoms with van der Waals surface area (Å²) in [5.41, 5.74) is 4.18. The van der Waals surface area contributed by atoms with E-state index < -0.39 is 64.4 Å². The molecule has 3 rings (SSSR count). The first-order valence-corrected chi connectivity index (χ1v) is 22.2. The number of ether oxygens (including phenoxy) is 3. The molecule has 4 atom stereocenters. The van der Waals surface area contributed by atoms with E-state index in [4.69, 9.17) is 14.2 Å². The predicted octanol–water partition coefficient (Wildman–Crippen LogP) is 7.55. The van der Waals surface area contributed by atoms with E-state index in [0.29, 0.717) is 13.0 Å². The van der Waals surface area contributed by atoms with Crippen molar-refractivity contribution in [1.29, 1.82) is 0 Å². The summed E-state index contributed by atoms with van der Waals surface area (Å²) in [4.78, 5) is 72.8. The number of alkyl carbamates (subject to hydrolysis) is 1. The van der Waals surface area contributed by atoms with Crippen LogP contribution in [0.25, 0.3) is 11.3 Å². The SMILES string of the molecule is CCC(=O)OC(CN(Cc1ccc(-c2ccccn2)cc1)NC(=O)C(NC(=O)OC)C(C)(C)C)C(Cc1ccccc1)NC(=O)C(NC(=O)CC(C)(C)CCOC(C)(C)C)C(C)(C)C. The summed E-state index contributed by atoms with van der Waals surface area (Å²) in [6.07, 6.45) is 1.04. The van der Waals surface area contributed by atoms with Crippen molar-refractivity contribution in [2.75, 3.05) is 20.3 Å². The molecule has 0 saturated carbocycles. The van der Waals surface area contributed by atoms with Gasteiger partial charge in [-0.3, -0.25) is 29.6 Å². The minimum atomic E-state index is -1.03. The Labute approximate surface area is 381 Å². The molecule has 4 amide bonds. The highest BCUT2D eigenvalue weighted by atomic mass is 16.5. The number of nitrogens with zero attached hydrogens (tertiary/aromatic N) is 2. The lowest BCUT2D eigenvalue weighted by Crippen LogP contribution is -2.61. The van der Waals surface area contributed by atoms with E-state index in [-0.39, 0.29) is 43.9 Å². The van der Waals surface area contributed by atoms with Gasteiger partial charge in [-0.1, -0.05) is 123 Å². The molecular formula is C50H74N6O8. The Kier molecular flexibility index (Phi) is 19.5. The van der Waals surface area contributed by atoms with Crippen molar-refractivity contribution in [3.63, 3.8) is 0 Å². The number of amides is 4. The van der Waals surface area contributed by atoms with E-state index in [0.717, 1.165) is 22.4 Å². The third-order valence-corrected chi connectivity index (χ3v) is 10.6. The van der Waals surface area contributed by atoms with Gasteiger partial charge in [0.2, 0.25) is 11.8 Å². The molecule has 2 aromatic carbocycles. The second kappa shape index (κ2) is 23.5. The molecule has 1 heterocycles. The number of carbonyl (C=O) groups is 5. The molecule has 64 heavy (non-hydrogen) atoms. The molecule has 0 aliphatic carbocycles. The van der Waals surface area contributed by atoms with Crippen molar-refractivity contribution in [3.05, 3.63) is 90.1 Å². The van der Waals surface area contributed by atoms with Crippen LogP contribution >= 0.6 is 0 Å². The molecule has 4 unspecified atom stereocenters. The largest absolute Gasteiger partial charge is 0.459 e. The Morgan fingerprint density at radius 2 is 1.33 bits per heavy atom. The van der Waals surface area contributed by atoms with Crippen LogP contribution in [0.2, 0.25) is 0 Å². The maximum Gasteiger partial charge on any atom is 0.407 e. The van der Waals surface area contributed by atoms with E-state index in [2.05, 4.69) is 26.4 Å². The van der Waals surface area contributed by atoms with Gasteiger partial charge in [-0.2, -0.15) is 0 Å². The summed E-state index contributed by atoms with van der Waals surface area (Å²) in [7, 11) is 1.22. The Bertz CT molecular complexity index is 1950. The second-order valence-corrected chi connectivity index (χ2v) is 20.3. The highest BCUT2D eigenvalue weighted by Gasteiger charge is 2.39. The lowest BCUT2D eigenvalue weighted by molar-refractivity contribution is -0.153. The van der Waals surface area contributed by atoms with Crippen LogP contribution < -0.4 is 21.4 Å². The van der Waals surface area contributed by atoms with Crippen LogP contribution in [-0.4, -0.2) is 89.9 Å². The van der Waals surface area contributed by atoms with Gasteiger partial charge >= 0.3 is 12.1 Å². The maximum absolute atomic E-state index is 14.6. The number of rotatable bonds is 21. The van der Waals surface area contributed by atoms with Crippen molar-refractivity contribution >= 4 is 29.8 Å². The summed E-state index contributed by atoms with van der Waals surface area (Å²) in [6, 6.07) is 20.0. The van der Waals surface area contributed by atoms with Gasteiger partial charge in [-0.25, -0.2) is 9.80 Å². The number of methoxy groups -OCH3 is 1. The number of aromatic nitrogens is 1. The molecular weight excluding hydrogens is 813 g/mol. The highest BCUT2D eigenvalue weighted by Crippen LogP contribution is 2.28. The lowest BCUT2D eigenvalue weighted by Gasteiger charge is -2.37. The average Bonchev–Trinajstić information content (AvgIpc) is 3.20. The number of carbonyl (C=O) groups excluding carboxylic acids is 5. The third-order valence-electron chi connectivity index (χ3n) is 10.6. The van der Waals surface area contributed by atoms with E-state index >= 15 is 0 Å². The molecule has 3 aromatic rings. The summed E-state index contributed by atoms with van der Waals surface area (Å²) in [5, 5.41) is 10.5. The zero-order chi connectivity index (χ0) is 47.9. The lowest BCUT2D eigenvalue weighted by atomic mass is 9.83. The van der Waals surface area contributed by atoms with Crippen molar-refractivity contribution in [3.8, 4) is 11.3 Å². The standard InChI is InChI=1S/C50H74N6O8/c1-14-41(58)64-39(33-56(55-45(60)43(48(5,6)7)54-46(61)62-13)32-35-23-25-36(26-24-35)37-22-18-19-28-51-37)38(30-34-20-16-15-17-21-34)52-44(59)42(47(2,3)4)53-40(57)31-50(11,12)27-29-63-49(8,9)10/h15-26,28,38-39,42-43H,14,27,29-33H2,1-13H3,(H,52,59)(H,53,57)(H,54,61)(H,55,60). The molecule has 0 fully saturated rings. The molecule has 14 heteroatoms. The second-order valence-electron chi connectivity index (χ2n) is 20.3. The molecule has 4 N–H and O–H groups in total. The van der Waals surface area contributed by atoms with Gasteiger partial charge in [-0.05, 0) is 73.1 Å². The average molecular weight is 887 g/mol. The third kappa shape index (κ3) is 18.4. The fourth-order valence-corrected chi connectivity index (χ4v) is 6.93. The molecule has 0 spiro atoms. The Morgan fingerprint density at radius 1 is 0.719 bits per heavy atom. The van der Waals surface area contributed by atoms with E-state index in [1.807, 2.05) is 149 Å². The molecule has 0 bridgehead atoms. The van der Waals surface area contributed by atoms with Crippen LogP contribution in [0.3, 0.4) is 0 Å². The van der Waals surface area contributed by atoms with Crippen molar-refractivity contribution in [2.24, 2.45) is 16.2 Å². The highest BCUT2D eigenvalue weighted by molar-refractivity contribution is 5.89. The van der Waals surface area contributed by atoms with Crippen LogP contribution in [0.5, 0.6) is 0 Å². The van der Waals surface area contributed by atoms with Crippen LogP contribution in [0.15, 0.2) is 79.0 Å². The van der Waals surface area contributed by atoms with Gasteiger partial charge in [0.15, 0.2) is 0 Å². The molecule has 0 saturated heterocycles. The first kappa shape index (κ1) is 53.0. The number of pyridine rings is 1. The summed E-state index contributed by atoms with van der Waals surface area (Å²) < 4.78 is 17.0. The van der Waals surface area contributed by atoms with Crippen molar-refractivity contribution in [1.82, 2.24) is 31.4 Å². The Balaban J connectivity index is 2.06. The van der Waals surface area contributed by atoms with Crippen LogP contribution in [-0.2, 0) is 46.4 Å². The smallest absolute Gasteiger partial charge is 0.407 e. The molecule has 14 nitrogen and oxygen atoms in total. The zero-order valence-corrected chi connectivity index (χ0v) is 40.4. The normalized spacial score (nSPS) is 14.1. The summed E-state index contributed by atoms with van der Waals surface area (Å²) in [5.74, 6) is -1.78. The fraction of sp³-hybridized carbons (Fsp3) is 0.560. The van der Waals surface area contributed by atoms with Gasteiger partial charge in [0.1, 0.15) is 18.2 Å². The minimum absolute atomic E-state index is 0.0518. The molecule has 352 valence electrons.